The predicted octanol–water partition coefficient (Wildman–Crippen LogP) is 4.55. The Morgan fingerprint density at radius 2 is 1.21 bits per heavy atom. The molecule has 0 atom stereocenters. The molecule has 0 aliphatic carbocycles. The molecule has 114 valence electrons. The molecule has 0 amide bonds. The molecule has 0 radical (unpaired) electrons. The molecule has 0 unspecified atom stereocenters. The van der Waals surface area contributed by atoms with Gasteiger partial charge in [0, 0.05) is 0 Å². The molecule has 0 bridgehead atoms. The Morgan fingerprint density at radius 3 is 1.63 bits per heavy atom. The fourth-order valence-corrected chi connectivity index (χ4v) is 2.37. The molecular formula is C16H32O2Se. The second-order valence-electron chi connectivity index (χ2n) is 5.27. The monoisotopic (exact) mass is 336 g/mol. The summed E-state index contributed by atoms with van der Waals surface area (Å²) >= 11 is 2.25. The molecule has 0 rings (SSSR count). The molecule has 0 aliphatic heterocycles. The second kappa shape index (κ2) is 16.0. The maximum absolute atomic E-state index is 10.9. The van der Waals surface area contributed by atoms with Crippen molar-refractivity contribution in [3.05, 3.63) is 0 Å². The van der Waals surface area contributed by atoms with Crippen LogP contribution < -0.4 is 0 Å². The van der Waals surface area contributed by atoms with Crippen LogP contribution in [0.5, 0.6) is 0 Å². The quantitative estimate of drug-likeness (QED) is 0.264. The van der Waals surface area contributed by atoms with Crippen molar-refractivity contribution in [1.29, 1.82) is 0 Å². The maximum atomic E-state index is 10.9. The standard InChI is InChI=1S/C16H32O2Se/c1-2-3-4-5-6-7-8-9-10-11-12-13-14-18-16(17)15-19/h19H,2-15H2,1H3. The van der Waals surface area contributed by atoms with Gasteiger partial charge in [0.1, 0.15) is 0 Å². The number of carbonyl (C=O) groups is 1. The Balaban J connectivity index is 2.97. The van der Waals surface area contributed by atoms with Gasteiger partial charge in [0.25, 0.3) is 0 Å². The van der Waals surface area contributed by atoms with E-state index < -0.39 is 0 Å². The third-order valence-corrected chi connectivity index (χ3v) is 3.93. The average molecular weight is 335 g/mol. The van der Waals surface area contributed by atoms with Crippen LogP contribution in [0.25, 0.3) is 0 Å². The van der Waals surface area contributed by atoms with E-state index in [2.05, 4.69) is 22.9 Å². The topological polar surface area (TPSA) is 26.3 Å². The Kier molecular flexibility index (Phi) is 16.0. The van der Waals surface area contributed by atoms with Gasteiger partial charge in [0.05, 0.1) is 0 Å². The summed E-state index contributed by atoms with van der Waals surface area (Å²) in [6.07, 6.45) is 16.0. The summed E-state index contributed by atoms with van der Waals surface area (Å²) in [5.74, 6) is -0.0944. The number of rotatable bonds is 14. The van der Waals surface area contributed by atoms with E-state index in [1.807, 2.05) is 0 Å². The van der Waals surface area contributed by atoms with E-state index in [9.17, 15) is 4.79 Å². The molecule has 3 heteroatoms. The van der Waals surface area contributed by atoms with Gasteiger partial charge in [0.2, 0.25) is 0 Å². The van der Waals surface area contributed by atoms with Crippen LogP contribution in [0.2, 0.25) is 5.32 Å². The zero-order chi connectivity index (χ0) is 14.2. The zero-order valence-electron chi connectivity index (χ0n) is 12.7. The van der Waals surface area contributed by atoms with E-state index in [0.29, 0.717) is 11.9 Å². The Hall–Kier alpha value is -0.0105. The first-order valence-corrected chi connectivity index (χ1v) is 9.40. The molecule has 0 aromatic carbocycles. The second-order valence-corrected chi connectivity index (χ2v) is 5.93. The van der Waals surface area contributed by atoms with Crippen molar-refractivity contribution in [1.82, 2.24) is 0 Å². The molecule has 0 saturated heterocycles. The fourth-order valence-electron chi connectivity index (χ4n) is 2.17. The first kappa shape index (κ1) is 19.0. The van der Waals surface area contributed by atoms with Crippen LogP contribution in [0, 0.1) is 0 Å². The Morgan fingerprint density at radius 1 is 0.789 bits per heavy atom. The average Bonchev–Trinajstić information content (AvgIpc) is 2.43. The first-order chi connectivity index (χ1) is 9.31. The van der Waals surface area contributed by atoms with Crippen molar-refractivity contribution in [2.45, 2.75) is 89.3 Å². The van der Waals surface area contributed by atoms with E-state index in [0.717, 1.165) is 6.42 Å². The van der Waals surface area contributed by atoms with Crippen LogP contribution >= 0.6 is 0 Å². The van der Waals surface area contributed by atoms with Gasteiger partial charge in [-0.3, -0.25) is 0 Å². The zero-order valence-corrected chi connectivity index (χ0v) is 14.5. The summed E-state index contributed by atoms with van der Waals surface area (Å²) < 4.78 is 5.03. The van der Waals surface area contributed by atoms with Gasteiger partial charge in [-0.25, -0.2) is 0 Å². The minimum absolute atomic E-state index is 0.0944. The Labute approximate surface area is 127 Å². The van der Waals surface area contributed by atoms with Gasteiger partial charge in [-0.15, -0.1) is 0 Å². The third kappa shape index (κ3) is 15.9. The first-order valence-electron chi connectivity index (χ1n) is 8.07. The predicted molar refractivity (Wildman–Crippen MR) is 84.0 cm³/mol. The van der Waals surface area contributed by atoms with Crippen LogP contribution in [0.15, 0.2) is 0 Å². The van der Waals surface area contributed by atoms with Crippen molar-refractivity contribution in [3.63, 3.8) is 0 Å². The Bertz CT molecular complexity index is 195. The number of unbranched alkanes of at least 4 members (excludes halogenated alkanes) is 11. The van der Waals surface area contributed by atoms with Gasteiger partial charge in [-0.05, 0) is 0 Å². The van der Waals surface area contributed by atoms with E-state index in [1.165, 1.54) is 70.6 Å². The summed E-state index contributed by atoms with van der Waals surface area (Å²) in [4.78, 5) is 10.9. The van der Waals surface area contributed by atoms with Gasteiger partial charge in [-0.2, -0.15) is 0 Å². The summed E-state index contributed by atoms with van der Waals surface area (Å²) in [7, 11) is 0. The molecular weight excluding hydrogens is 303 g/mol. The fraction of sp³-hybridized carbons (Fsp3) is 0.938. The van der Waals surface area contributed by atoms with Crippen LogP contribution in [0.1, 0.15) is 84.0 Å². The molecule has 0 fully saturated rings. The van der Waals surface area contributed by atoms with E-state index in [4.69, 9.17) is 4.74 Å². The molecule has 0 heterocycles. The van der Waals surface area contributed by atoms with Gasteiger partial charge in [0.15, 0.2) is 0 Å². The summed E-state index contributed by atoms with van der Waals surface area (Å²) in [6.45, 7) is 2.87. The molecule has 0 aromatic heterocycles. The van der Waals surface area contributed by atoms with Crippen LogP contribution in [0.4, 0.5) is 0 Å². The van der Waals surface area contributed by atoms with Crippen LogP contribution in [0.3, 0.4) is 0 Å². The summed E-state index contributed by atoms with van der Waals surface area (Å²) in [5, 5.41) is 0.436. The molecule has 2 nitrogen and oxygen atoms in total. The molecule has 0 saturated carbocycles. The molecule has 0 aromatic rings. The number of hydrogen-bond donors (Lipinski definition) is 0. The minimum atomic E-state index is -0.0944. The van der Waals surface area contributed by atoms with Gasteiger partial charge in [-0.1, -0.05) is 32.6 Å². The molecule has 19 heavy (non-hydrogen) atoms. The third-order valence-electron chi connectivity index (χ3n) is 3.39. The van der Waals surface area contributed by atoms with Crippen molar-refractivity contribution < 1.29 is 9.53 Å². The van der Waals surface area contributed by atoms with Gasteiger partial charge < -0.3 is 0 Å². The van der Waals surface area contributed by atoms with Crippen molar-refractivity contribution >= 4 is 22.0 Å². The van der Waals surface area contributed by atoms with E-state index in [-0.39, 0.29) is 5.97 Å². The summed E-state index contributed by atoms with van der Waals surface area (Å²) in [6, 6.07) is 0. The molecule has 0 N–H and O–H groups in total. The summed E-state index contributed by atoms with van der Waals surface area (Å²) in [5.41, 5.74) is 0. The number of carbonyl (C=O) groups excluding carboxylic acids is 1. The van der Waals surface area contributed by atoms with E-state index >= 15 is 0 Å². The van der Waals surface area contributed by atoms with Crippen molar-refractivity contribution in [3.8, 4) is 0 Å². The SMILES string of the molecule is CCCCCCCCCCCCCCOC(=O)C[SeH]. The van der Waals surface area contributed by atoms with E-state index in [1.54, 1.807) is 0 Å². The molecule has 0 spiro atoms. The van der Waals surface area contributed by atoms with Crippen LogP contribution in [-0.2, 0) is 9.53 Å². The van der Waals surface area contributed by atoms with Crippen molar-refractivity contribution in [2.24, 2.45) is 0 Å². The number of hydrogen-bond acceptors (Lipinski definition) is 2. The normalized spacial score (nSPS) is 10.6. The van der Waals surface area contributed by atoms with Crippen molar-refractivity contribution in [2.75, 3.05) is 6.61 Å². The van der Waals surface area contributed by atoms with Gasteiger partial charge >= 0.3 is 94.8 Å². The number of ether oxygens (including phenoxy) is 1. The van der Waals surface area contributed by atoms with Crippen LogP contribution in [-0.4, -0.2) is 28.6 Å². The molecule has 0 aliphatic rings. The number of esters is 1.